The summed E-state index contributed by atoms with van der Waals surface area (Å²) in [5.74, 6) is -0.387. The van der Waals surface area contributed by atoms with Crippen LogP contribution < -0.4 is 4.74 Å². The Balaban J connectivity index is 1.66. The summed E-state index contributed by atoms with van der Waals surface area (Å²) in [4.78, 5) is 12.6. The second-order valence-electron chi connectivity index (χ2n) is 6.68. The Kier molecular flexibility index (Phi) is 5.98. The Bertz CT molecular complexity index is 1200. The van der Waals surface area contributed by atoms with Gasteiger partial charge >= 0.3 is 6.61 Å². The van der Waals surface area contributed by atoms with Crippen LogP contribution in [0.1, 0.15) is 15.9 Å². The first-order valence-corrected chi connectivity index (χ1v) is 9.58. The number of ketones is 1. The van der Waals surface area contributed by atoms with Gasteiger partial charge in [-0.25, -0.2) is 4.68 Å². The molecule has 6 heteroatoms. The van der Waals surface area contributed by atoms with Gasteiger partial charge in [0.1, 0.15) is 5.75 Å². The summed E-state index contributed by atoms with van der Waals surface area (Å²) in [6, 6.07) is 25.0. The number of alkyl halides is 2. The molecule has 0 spiro atoms. The number of ether oxygens (including phenoxy) is 1. The maximum Gasteiger partial charge on any atom is 0.387 e. The van der Waals surface area contributed by atoms with E-state index in [9.17, 15) is 13.6 Å². The van der Waals surface area contributed by atoms with Crippen molar-refractivity contribution in [1.29, 1.82) is 0 Å². The average Bonchev–Trinajstić information content (AvgIpc) is 3.23. The number of allylic oxidation sites excluding steroid dienone is 1. The zero-order valence-electron chi connectivity index (χ0n) is 16.4. The Labute approximate surface area is 178 Å². The van der Waals surface area contributed by atoms with Gasteiger partial charge in [-0.15, -0.1) is 0 Å². The van der Waals surface area contributed by atoms with Crippen LogP contribution in [0.3, 0.4) is 0 Å². The number of benzene rings is 3. The van der Waals surface area contributed by atoms with E-state index in [1.54, 1.807) is 16.8 Å². The lowest BCUT2D eigenvalue weighted by Crippen LogP contribution is -2.03. The SMILES string of the molecule is O=C(/C=C/c1cn(-c2ccccc2)nc1-c1ccccc1)c1cccc(OC(F)F)c1. The van der Waals surface area contributed by atoms with Crippen LogP contribution in [-0.2, 0) is 0 Å². The van der Waals surface area contributed by atoms with Gasteiger partial charge in [0.25, 0.3) is 0 Å². The Morgan fingerprint density at radius 2 is 1.65 bits per heavy atom. The van der Waals surface area contributed by atoms with Crippen molar-refractivity contribution in [1.82, 2.24) is 9.78 Å². The van der Waals surface area contributed by atoms with Gasteiger partial charge in [0, 0.05) is 22.9 Å². The average molecular weight is 416 g/mol. The Morgan fingerprint density at radius 3 is 2.35 bits per heavy atom. The van der Waals surface area contributed by atoms with E-state index < -0.39 is 6.61 Å². The van der Waals surface area contributed by atoms with Crippen LogP contribution in [0.4, 0.5) is 8.78 Å². The summed E-state index contributed by atoms with van der Waals surface area (Å²) in [6.45, 7) is -2.95. The summed E-state index contributed by atoms with van der Waals surface area (Å²) >= 11 is 0. The zero-order valence-corrected chi connectivity index (χ0v) is 16.4. The fourth-order valence-corrected chi connectivity index (χ4v) is 3.13. The molecular formula is C25H18F2N2O2. The third-order valence-electron chi connectivity index (χ3n) is 4.57. The number of carbonyl (C=O) groups excluding carboxylic acids is 1. The minimum atomic E-state index is -2.95. The smallest absolute Gasteiger partial charge is 0.387 e. The lowest BCUT2D eigenvalue weighted by atomic mass is 10.1. The van der Waals surface area contributed by atoms with Crippen molar-refractivity contribution >= 4 is 11.9 Å². The second kappa shape index (κ2) is 9.17. The van der Waals surface area contributed by atoms with E-state index in [-0.39, 0.29) is 17.1 Å². The summed E-state index contributed by atoms with van der Waals surface area (Å²) in [5.41, 5.74) is 3.54. The topological polar surface area (TPSA) is 44.1 Å². The summed E-state index contributed by atoms with van der Waals surface area (Å²) in [5, 5.41) is 4.70. The van der Waals surface area contributed by atoms with Crippen LogP contribution in [0.2, 0.25) is 0 Å². The fraction of sp³-hybridized carbons (Fsp3) is 0.0400. The van der Waals surface area contributed by atoms with Gasteiger partial charge in [-0.1, -0.05) is 60.7 Å². The van der Waals surface area contributed by atoms with Gasteiger partial charge in [0.15, 0.2) is 5.78 Å². The molecule has 31 heavy (non-hydrogen) atoms. The van der Waals surface area contributed by atoms with E-state index in [0.717, 1.165) is 22.5 Å². The molecule has 0 aliphatic rings. The minimum absolute atomic E-state index is 0.0591. The first-order chi connectivity index (χ1) is 15.1. The first-order valence-electron chi connectivity index (χ1n) is 9.58. The molecule has 0 bridgehead atoms. The number of hydrogen-bond donors (Lipinski definition) is 0. The molecule has 0 amide bonds. The highest BCUT2D eigenvalue weighted by molar-refractivity contribution is 6.07. The molecule has 0 atom stereocenters. The van der Waals surface area contributed by atoms with Crippen molar-refractivity contribution in [3.05, 3.63) is 108 Å². The standard InChI is InChI=1S/C25H18F2N2O2/c26-25(27)31-22-13-7-10-19(16-22)23(30)15-14-20-17-29(21-11-5-2-6-12-21)28-24(20)18-8-3-1-4-9-18/h1-17,25H/b15-14+. The molecule has 0 radical (unpaired) electrons. The van der Waals surface area contributed by atoms with Crippen molar-refractivity contribution in [2.45, 2.75) is 6.61 Å². The van der Waals surface area contributed by atoms with Crippen molar-refractivity contribution in [2.75, 3.05) is 0 Å². The van der Waals surface area contributed by atoms with E-state index in [1.807, 2.05) is 66.9 Å². The molecule has 0 aliphatic carbocycles. The highest BCUT2D eigenvalue weighted by Crippen LogP contribution is 2.25. The van der Waals surface area contributed by atoms with Crippen molar-refractivity contribution < 1.29 is 18.3 Å². The number of rotatable bonds is 7. The summed E-state index contributed by atoms with van der Waals surface area (Å²) in [7, 11) is 0. The quantitative estimate of drug-likeness (QED) is 0.273. The Hall–Kier alpha value is -4.06. The molecule has 1 aromatic heterocycles. The van der Waals surface area contributed by atoms with Crippen LogP contribution in [0, 0.1) is 0 Å². The van der Waals surface area contributed by atoms with E-state index >= 15 is 0 Å². The van der Waals surface area contributed by atoms with Crippen LogP contribution in [-0.4, -0.2) is 22.2 Å². The molecule has 0 saturated heterocycles. The van der Waals surface area contributed by atoms with Gasteiger partial charge in [0.05, 0.1) is 11.4 Å². The monoisotopic (exact) mass is 416 g/mol. The van der Waals surface area contributed by atoms with Crippen LogP contribution >= 0.6 is 0 Å². The molecule has 0 fully saturated rings. The van der Waals surface area contributed by atoms with Gasteiger partial charge in [-0.05, 0) is 36.4 Å². The Morgan fingerprint density at radius 1 is 0.935 bits per heavy atom. The van der Waals surface area contributed by atoms with Crippen LogP contribution in [0.15, 0.2) is 97.2 Å². The number of halogens is 2. The predicted molar refractivity (Wildman–Crippen MR) is 115 cm³/mol. The third-order valence-corrected chi connectivity index (χ3v) is 4.57. The van der Waals surface area contributed by atoms with Crippen molar-refractivity contribution in [3.63, 3.8) is 0 Å². The van der Waals surface area contributed by atoms with Gasteiger partial charge in [-0.3, -0.25) is 4.79 Å². The van der Waals surface area contributed by atoms with Crippen molar-refractivity contribution in [2.24, 2.45) is 0 Å². The first kappa shape index (κ1) is 20.2. The lowest BCUT2D eigenvalue weighted by molar-refractivity contribution is -0.0498. The van der Waals surface area contributed by atoms with E-state index in [0.29, 0.717) is 0 Å². The molecule has 4 nitrogen and oxygen atoms in total. The minimum Gasteiger partial charge on any atom is -0.435 e. The molecule has 1 heterocycles. The molecule has 4 aromatic rings. The van der Waals surface area contributed by atoms with Gasteiger partial charge in [0.2, 0.25) is 0 Å². The predicted octanol–water partition coefficient (Wildman–Crippen LogP) is 6.04. The number of nitrogens with zero attached hydrogens (tertiary/aromatic N) is 2. The van der Waals surface area contributed by atoms with Crippen molar-refractivity contribution in [3.8, 4) is 22.7 Å². The molecular weight excluding hydrogens is 398 g/mol. The van der Waals surface area contributed by atoms with Crippen LogP contribution in [0.5, 0.6) is 5.75 Å². The molecule has 4 rings (SSSR count). The summed E-state index contributed by atoms with van der Waals surface area (Å²) in [6.07, 6.45) is 4.93. The maximum absolute atomic E-state index is 12.6. The molecule has 0 N–H and O–H groups in total. The largest absolute Gasteiger partial charge is 0.435 e. The molecule has 0 unspecified atom stereocenters. The van der Waals surface area contributed by atoms with Gasteiger partial charge in [-0.2, -0.15) is 13.9 Å². The van der Waals surface area contributed by atoms with Gasteiger partial charge < -0.3 is 4.74 Å². The van der Waals surface area contributed by atoms with Crippen LogP contribution in [0.25, 0.3) is 23.0 Å². The van der Waals surface area contributed by atoms with E-state index in [4.69, 9.17) is 5.10 Å². The fourth-order valence-electron chi connectivity index (χ4n) is 3.13. The number of para-hydroxylation sites is 1. The van der Waals surface area contributed by atoms with E-state index in [1.165, 1.54) is 24.3 Å². The lowest BCUT2D eigenvalue weighted by Gasteiger charge is -2.05. The summed E-state index contributed by atoms with van der Waals surface area (Å²) < 4.78 is 31.0. The highest BCUT2D eigenvalue weighted by atomic mass is 19.3. The molecule has 0 saturated carbocycles. The maximum atomic E-state index is 12.6. The second-order valence-corrected chi connectivity index (χ2v) is 6.68. The third kappa shape index (κ3) is 4.93. The highest BCUT2D eigenvalue weighted by Gasteiger charge is 2.12. The number of carbonyl (C=O) groups is 1. The number of aromatic nitrogens is 2. The van der Waals surface area contributed by atoms with E-state index in [2.05, 4.69) is 4.74 Å². The molecule has 0 aliphatic heterocycles. The molecule has 3 aromatic carbocycles. The molecule has 154 valence electrons. The number of hydrogen-bond acceptors (Lipinski definition) is 3. The zero-order chi connectivity index (χ0) is 21.6. The normalized spacial score (nSPS) is 11.2.